The highest BCUT2D eigenvalue weighted by molar-refractivity contribution is 6.02. The van der Waals surface area contributed by atoms with E-state index in [1.807, 2.05) is 0 Å². The maximum absolute atomic E-state index is 14.0. The van der Waals surface area contributed by atoms with Crippen LogP contribution in [0.2, 0.25) is 0 Å². The Hall–Kier alpha value is -2.87. The molecule has 1 aliphatic rings. The molecule has 3 rings (SSSR count). The summed E-state index contributed by atoms with van der Waals surface area (Å²) in [4.78, 5) is 25.1. The molecule has 2 amide bonds. The molecular formula is C19H18F3N3O2. The summed E-state index contributed by atoms with van der Waals surface area (Å²) >= 11 is 0. The van der Waals surface area contributed by atoms with Crippen LogP contribution in [0.25, 0.3) is 0 Å². The highest BCUT2D eigenvalue weighted by atomic mass is 19.1. The van der Waals surface area contributed by atoms with Gasteiger partial charge in [0, 0.05) is 17.8 Å². The molecule has 2 aromatic rings. The van der Waals surface area contributed by atoms with Gasteiger partial charge in [0.1, 0.15) is 17.5 Å². The first kappa shape index (κ1) is 18.9. The molecule has 8 heteroatoms. The van der Waals surface area contributed by atoms with Crippen molar-refractivity contribution in [2.45, 2.75) is 18.9 Å². The zero-order valence-electron chi connectivity index (χ0n) is 14.3. The largest absolute Gasteiger partial charge is 0.326 e. The fourth-order valence-corrected chi connectivity index (χ4v) is 3.11. The van der Waals surface area contributed by atoms with E-state index >= 15 is 0 Å². The van der Waals surface area contributed by atoms with E-state index in [0.29, 0.717) is 37.7 Å². The lowest BCUT2D eigenvalue weighted by Crippen LogP contribution is -2.48. The van der Waals surface area contributed by atoms with Gasteiger partial charge in [-0.3, -0.25) is 9.69 Å². The van der Waals surface area contributed by atoms with Crippen LogP contribution in [0.4, 0.5) is 29.3 Å². The zero-order valence-corrected chi connectivity index (χ0v) is 14.3. The Morgan fingerprint density at radius 2 is 1.85 bits per heavy atom. The third kappa shape index (κ3) is 4.28. The van der Waals surface area contributed by atoms with Crippen LogP contribution in [0.5, 0.6) is 0 Å². The Morgan fingerprint density at radius 1 is 1.11 bits per heavy atom. The number of urea groups is 1. The lowest BCUT2D eigenvalue weighted by atomic mass is 10.0. The normalized spacial score (nSPS) is 14.6. The topological polar surface area (TPSA) is 61.4 Å². The van der Waals surface area contributed by atoms with Crippen molar-refractivity contribution in [2.24, 2.45) is 0 Å². The average molecular weight is 377 g/mol. The van der Waals surface area contributed by atoms with E-state index in [0.717, 1.165) is 6.07 Å². The van der Waals surface area contributed by atoms with Gasteiger partial charge in [0.2, 0.25) is 0 Å². The van der Waals surface area contributed by atoms with Crippen LogP contribution in [0.1, 0.15) is 23.2 Å². The molecule has 0 atom stereocenters. The third-order valence-electron chi connectivity index (χ3n) is 4.43. The fourth-order valence-electron chi connectivity index (χ4n) is 3.11. The minimum atomic E-state index is -1.01. The summed E-state index contributed by atoms with van der Waals surface area (Å²) in [6.45, 7) is 1.37. The summed E-state index contributed by atoms with van der Waals surface area (Å²) in [5.74, 6) is -2.52. The monoisotopic (exact) mass is 377 g/mol. The minimum Gasteiger partial charge on any atom is -0.317 e. The summed E-state index contributed by atoms with van der Waals surface area (Å²) < 4.78 is 41.2. The Labute approximate surface area is 154 Å². The molecule has 0 unspecified atom stereocenters. The molecule has 0 bridgehead atoms. The van der Waals surface area contributed by atoms with Crippen LogP contribution >= 0.6 is 0 Å². The number of anilines is 2. The summed E-state index contributed by atoms with van der Waals surface area (Å²) in [5.41, 5.74) is -0.359. The number of nitrogens with zero attached hydrogens (tertiary/aromatic N) is 1. The third-order valence-corrected chi connectivity index (χ3v) is 4.43. The van der Waals surface area contributed by atoms with Crippen LogP contribution in [0, 0.1) is 17.5 Å². The molecular weight excluding hydrogens is 359 g/mol. The summed E-state index contributed by atoms with van der Waals surface area (Å²) in [7, 11) is 0. The second-order valence-corrected chi connectivity index (χ2v) is 6.23. The minimum absolute atomic E-state index is 0.220. The van der Waals surface area contributed by atoms with Crippen molar-refractivity contribution >= 4 is 23.7 Å². The Balaban J connectivity index is 1.92. The van der Waals surface area contributed by atoms with Crippen LogP contribution in [-0.4, -0.2) is 31.4 Å². The van der Waals surface area contributed by atoms with E-state index < -0.39 is 23.5 Å². The summed E-state index contributed by atoms with van der Waals surface area (Å²) in [5, 5.41) is 5.55. The fraction of sp³-hybridized carbons (Fsp3) is 0.263. The molecule has 142 valence electrons. The van der Waals surface area contributed by atoms with E-state index in [9.17, 15) is 22.8 Å². The quantitative estimate of drug-likeness (QED) is 0.799. The van der Waals surface area contributed by atoms with Gasteiger partial charge in [0.05, 0.1) is 11.3 Å². The van der Waals surface area contributed by atoms with Gasteiger partial charge in [-0.15, -0.1) is 0 Å². The number of aldehydes is 1. The Bertz CT molecular complexity index is 854. The second-order valence-electron chi connectivity index (χ2n) is 6.23. The van der Waals surface area contributed by atoms with Gasteiger partial charge in [-0.2, -0.15) is 0 Å². The van der Waals surface area contributed by atoms with E-state index in [-0.39, 0.29) is 23.6 Å². The van der Waals surface area contributed by atoms with Crippen LogP contribution < -0.4 is 15.5 Å². The molecule has 0 saturated carbocycles. The number of piperidine rings is 1. The molecule has 0 aromatic heterocycles. The van der Waals surface area contributed by atoms with E-state index in [2.05, 4.69) is 10.6 Å². The smallest absolute Gasteiger partial charge is 0.317 e. The first-order valence-corrected chi connectivity index (χ1v) is 8.50. The van der Waals surface area contributed by atoms with Gasteiger partial charge in [-0.25, -0.2) is 18.0 Å². The predicted molar refractivity (Wildman–Crippen MR) is 95.5 cm³/mol. The predicted octanol–water partition coefficient (Wildman–Crippen LogP) is 3.71. The average Bonchev–Trinajstić information content (AvgIpc) is 2.65. The van der Waals surface area contributed by atoms with Gasteiger partial charge in [-0.05, 0) is 50.2 Å². The first-order valence-electron chi connectivity index (χ1n) is 8.50. The number of amides is 2. The van der Waals surface area contributed by atoms with Gasteiger partial charge in [0.25, 0.3) is 0 Å². The molecule has 1 aliphatic heterocycles. The van der Waals surface area contributed by atoms with Gasteiger partial charge < -0.3 is 10.6 Å². The van der Waals surface area contributed by atoms with Crippen LogP contribution in [-0.2, 0) is 0 Å². The van der Waals surface area contributed by atoms with Crippen molar-refractivity contribution in [3.63, 3.8) is 0 Å². The van der Waals surface area contributed by atoms with Crippen LogP contribution in [0.3, 0.4) is 0 Å². The molecule has 1 fully saturated rings. The van der Waals surface area contributed by atoms with Crippen molar-refractivity contribution in [1.29, 1.82) is 0 Å². The van der Waals surface area contributed by atoms with Crippen molar-refractivity contribution in [2.75, 3.05) is 23.3 Å². The molecule has 2 aromatic carbocycles. The molecule has 2 N–H and O–H groups in total. The molecule has 27 heavy (non-hydrogen) atoms. The lowest BCUT2D eigenvalue weighted by Gasteiger charge is -2.34. The first-order chi connectivity index (χ1) is 13.0. The molecule has 0 radical (unpaired) electrons. The van der Waals surface area contributed by atoms with Gasteiger partial charge in [-0.1, -0.05) is 6.07 Å². The van der Waals surface area contributed by atoms with Crippen molar-refractivity contribution in [3.05, 3.63) is 59.4 Å². The zero-order chi connectivity index (χ0) is 19.4. The van der Waals surface area contributed by atoms with E-state index in [4.69, 9.17) is 0 Å². The molecule has 1 saturated heterocycles. The van der Waals surface area contributed by atoms with Crippen molar-refractivity contribution < 1.29 is 22.8 Å². The van der Waals surface area contributed by atoms with E-state index in [1.54, 1.807) is 6.07 Å². The Kier molecular flexibility index (Phi) is 5.75. The molecule has 0 aliphatic carbocycles. The number of benzene rings is 2. The summed E-state index contributed by atoms with van der Waals surface area (Å²) in [6, 6.07) is 6.12. The SMILES string of the molecule is O=Cc1cc(NC(=O)N(c2cccc(F)c2)C2CCNCC2)c(F)cc1F. The number of nitrogens with one attached hydrogen (secondary N) is 2. The number of hydrogen-bond donors (Lipinski definition) is 2. The number of carbonyl (C=O) groups is 2. The maximum Gasteiger partial charge on any atom is 0.326 e. The van der Waals surface area contributed by atoms with Gasteiger partial charge >= 0.3 is 6.03 Å². The maximum atomic E-state index is 14.0. The van der Waals surface area contributed by atoms with Crippen LogP contribution in [0.15, 0.2) is 36.4 Å². The molecule has 5 nitrogen and oxygen atoms in total. The summed E-state index contributed by atoms with van der Waals surface area (Å²) in [6.07, 6.45) is 1.51. The number of halogens is 3. The van der Waals surface area contributed by atoms with Gasteiger partial charge in [0.15, 0.2) is 6.29 Å². The Morgan fingerprint density at radius 3 is 2.52 bits per heavy atom. The number of rotatable bonds is 4. The lowest BCUT2D eigenvalue weighted by molar-refractivity contribution is 0.111. The van der Waals surface area contributed by atoms with E-state index in [1.165, 1.54) is 23.1 Å². The van der Waals surface area contributed by atoms with Crippen molar-refractivity contribution in [3.8, 4) is 0 Å². The number of hydrogen-bond acceptors (Lipinski definition) is 3. The second kappa shape index (κ2) is 8.22. The van der Waals surface area contributed by atoms with Crippen molar-refractivity contribution in [1.82, 2.24) is 5.32 Å². The molecule has 0 spiro atoms. The highest BCUT2D eigenvalue weighted by Gasteiger charge is 2.28. The molecule has 1 heterocycles. The highest BCUT2D eigenvalue weighted by Crippen LogP contribution is 2.25. The standard InChI is InChI=1S/C19H18F3N3O2/c20-13-2-1-3-15(9-13)25(14-4-6-23-7-5-14)19(27)24-18-8-12(11-26)16(21)10-17(18)22/h1-3,8-11,14,23H,4-7H2,(H,24,27). The number of carbonyl (C=O) groups excluding carboxylic acids is 2.